The van der Waals surface area contributed by atoms with Crippen LogP contribution >= 0.6 is 0 Å². The Hall–Kier alpha value is -2.21. The normalized spacial score (nSPS) is 25.5. The zero-order chi connectivity index (χ0) is 22.9. The van der Waals surface area contributed by atoms with E-state index in [-0.39, 0.29) is 22.6 Å². The van der Waals surface area contributed by atoms with Gasteiger partial charge in [0.15, 0.2) is 0 Å². The van der Waals surface area contributed by atoms with Crippen molar-refractivity contribution >= 4 is 21.9 Å². The number of pyridine rings is 1. The Bertz CT molecular complexity index is 913. The highest BCUT2D eigenvalue weighted by molar-refractivity contribution is 7.90. The Kier molecular flexibility index (Phi) is 6.61. The number of aromatic nitrogens is 1. The van der Waals surface area contributed by atoms with Crippen LogP contribution in [0.25, 0.3) is 0 Å². The van der Waals surface area contributed by atoms with Crippen molar-refractivity contribution in [3.8, 4) is 0 Å². The van der Waals surface area contributed by atoms with Crippen LogP contribution in [0.3, 0.4) is 0 Å². The van der Waals surface area contributed by atoms with Crippen molar-refractivity contribution in [2.45, 2.75) is 56.0 Å². The molecule has 1 amide bonds. The topological polar surface area (TPSA) is 117 Å². The van der Waals surface area contributed by atoms with Crippen molar-refractivity contribution in [2.75, 3.05) is 13.1 Å². The number of carboxylic acid groups (broad SMARTS) is 1. The molecular formula is C19H24F3N3O5S. The summed E-state index contributed by atoms with van der Waals surface area (Å²) in [4.78, 5) is 27.4. The standard InChI is InChI=1S/C17H23N3O3S.C2HF3O2/c21-16(9-13-3-1-2-7-18-13)20-8-6-17(12-20)10-14(11-17)19-24(22,23)15-4-5-15;3-2(4,5)1(6)7/h1-3,7,14-15,19H,4-6,8-12H2;(H,6,7). The maximum atomic E-state index is 12.4. The number of aliphatic carboxylic acids is 1. The van der Waals surface area contributed by atoms with E-state index in [4.69, 9.17) is 9.90 Å². The van der Waals surface area contributed by atoms with E-state index in [0.717, 1.165) is 50.9 Å². The van der Waals surface area contributed by atoms with E-state index in [1.165, 1.54) is 0 Å². The van der Waals surface area contributed by atoms with Crippen LogP contribution in [0, 0.1) is 5.41 Å². The van der Waals surface area contributed by atoms with Gasteiger partial charge in [0.2, 0.25) is 15.9 Å². The first-order valence-corrected chi connectivity index (χ1v) is 11.4. The first kappa shape index (κ1) is 23.5. The fourth-order valence-electron chi connectivity index (χ4n) is 4.03. The number of likely N-dealkylation sites (tertiary alicyclic amines) is 1. The molecule has 0 unspecified atom stereocenters. The Balaban J connectivity index is 0.000000339. The molecule has 1 aromatic rings. The predicted molar refractivity (Wildman–Crippen MR) is 103 cm³/mol. The second-order valence-corrected chi connectivity index (χ2v) is 10.3. The average Bonchev–Trinajstić information content (AvgIpc) is 3.42. The van der Waals surface area contributed by atoms with Crippen molar-refractivity contribution in [1.29, 1.82) is 0 Å². The van der Waals surface area contributed by atoms with Crippen LogP contribution in [-0.2, 0) is 26.0 Å². The van der Waals surface area contributed by atoms with Crippen LogP contribution in [0.5, 0.6) is 0 Å². The highest BCUT2D eigenvalue weighted by Gasteiger charge is 2.51. The van der Waals surface area contributed by atoms with E-state index in [0.29, 0.717) is 6.42 Å². The molecule has 1 spiro atoms. The molecule has 31 heavy (non-hydrogen) atoms. The maximum Gasteiger partial charge on any atom is 0.490 e. The zero-order valence-electron chi connectivity index (χ0n) is 16.6. The number of carbonyl (C=O) groups is 2. The monoisotopic (exact) mass is 463 g/mol. The summed E-state index contributed by atoms with van der Waals surface area (Å²) < 4.78 is 58.6. The number of carboxylic acids is 1. The van der Waals surface area contributed by atoms with Crippen molar-refractivity contribution in [2.24, 2.45) is 5.41 Å². The van der Waals surface area contributed by atoms with Gasteiger partial charge < -0.3 is 10.0 Å². The van der Waals surface area contributed by atoms with Gasteiger partial charge in [0.25, 0.3) is 0 Å². The Morgan fingerprint density at radius 1 is 1.26 bits per heavy atom. The van der Waals surface area contributed by atoms with Crippen molar-refractivity contribution in [3.05, 3.63) is 30.1 Å². The molecule has 1 aliphatic heterocycles. The minimum Gasteiger partial charge on any atom is -0.475 e. The summed E-state index contributed by atoms with van der Waals surface area (Å²) in [5, 5.41) is 6.97. The molecule has 0 bridgehead atoms. The highest BCUT2D eigenvalue weighted by Crippen LogP contribution is 2.48. The molecule has 172 valence electrons. The van der Waals surface area contributed by atoms with Crippen LogP contribution in [0.4, 0.5) is 13.2 Å². The van der Waals surface area contributed by atoms with Gasteiger partial charge in [-0.25, -0.2) is 17.9 Å². The van der Waals surface area contributed by atoms with Gasteiger partial charge in [0, 0.05) is 31.0 Å². The van der Waals surface area contributed by atoms with E-state index in [1.54, 1.807) is 6.20 Å². The molecule has 8 nitrogen and oxygen atoms in total. The summed E-state index contributed by atoms with van der Waals surface area (Å²) >= 11 is 0. The maximum absolute atomic E-state index is 12.4. The van der Waals surface area contributed by atoms with Crippen molar-refractivity contribution in [1.82, 2.24) is 14.6 Å². The number of nitrogens with zero attached hydrogens (tertiary/aromatic N) is 2. The number of hydrogen-bond donors (Lipinski definition) is 2. The molecule has 0 radical (unpaired) electrons. The third-order valence-corrected chi connectivity index (χ3v) is 7.76. The molecule has 3 fully saturated rings. The lowest BCUT2D eigenvalue weighted by Crippen LogP contribution is -2.52. The predicted octanol–water partition coefficient (Wildman–Crippen LogP) is 1.72. The lowest BCUT2D eigenvalue weighted by molar-refractivity contribution is -0.192. The summed E-state index contributed by atoms with van der Waals surface area (Å²) in [6.45, 7) is 1.52. The van der Waals surface area contributed by atoms with Gasteiger partial charge in [-0.05, 0) is 49.7 Å². The van der Waals surface area contributed by atoms with Crippen molar-refractivity contribution < 1.29 is 36.3 Å². The molecule has 12 heteroatoms. The number of nitrogens with one attached hydrogen (secondary N) is 1. The number of sulfonamides is 1. The molecular weight excluding hydrogens is 439 g/mol. The van der Waals surface area contributed by atoms with Crippen LogP contribution < -0.4 is 4.72 Å². The first-order chi connectivity index (χ1) is 14.4. The number of halogens is 3. The minimum absolute atomic E-state index is 0.0569. The highest BCUT2D eigenvalue weighted by atomic mass is 32.2. The van der Waals surface area contributed by atoms with E-state index >= 15 is 0 Å². The van der Waals surface area contributed by atoms with Crippen molar-refractivity contribution in [3.63, 3.8) is 0 Å². The first-order valence-electron chi connectivity index (χ1n) is 9.89. The van der Waals surface area contributed by atoms with Gasteiger partial charge in [-0.1, -0.05) is 6.07 Å². The molecule has 3 aliphatic rings. The van der Waals surface area contributed by atoms with Gasteiger partial charge in [-0.15, -0.1) is 0 Å². The van der Waals surface area contributed by atoms with Crippen LogP contribution in [0.2, 0.25) is 0 Å². The molecule has 2 saturated carbocycles. The largest absolute Gasteiger partial charge is 0.490 e. The minimum atomic E-state index is -5.08. The summed E-state index contributed by atoms with van der Waals surface area (Å²) in [6.07, 6.45) is 1.23. The molecule has 1 saturated heterocycles. The fraction of sp³-hybridized carbons (Fsp3) is 0.632. The third kappa shape index (κ3) is 6.16. The van der Waals surface area contributed by atoms with Crippen LogP contribution in [0.1, 0.15) is 37.8 Å². The van der Waals surface area contributed by atoms with E-state index in [9.17, 15) is 26.4 Å². The zero-order valence-corrected chi connectivity index (χ0v) is 17.5. The van der Waals surface area contributed by atoms with E-state index in [1.807, 2.05) is 23.1 Å². The average molecular weight is 463 g/mol. The summed E-state index contributed by atoms with van der Waals surface area (Å²) in [6, 6.07) is 5.66. The Labute approximate surface area is 177 Å². The van der Waals surface area contributed by atoms with E-state index in [2.05, 4.69) is 9.71 Å². The molecule has 1 aromatic heterocycles. The molecule has 2 aliphatic carbocycles. The van der Waals surface area contributed by atoms with Gasteiger partial charge in [-0.2, -0.15) is 13.2 Å². The van der Waals surface area contributed by atoms with Gasteiger partial charge in [0.1, 0.15) is 0 Å². The fourth-order valence-corrected chi connectivity index (χ4v) is 5.61. The smallest absolute Gasteiger partial charge is 0.475 e. The molecule has 4 rings (SSSR count). The lowest BCUT2D eigenvalue weighted by Gasteiger charge is -2.45. The molecule has 0 atom stereocenters. The van der Waals surface area contributed by atoms with Gasteiger partial charge >= 0.3 is 12.1 Å². The van der Waals surface area contributed by atoms with Crippen LogP contribution in [-0.4, -0.2) is 65.8 Å². The number of amides is 1. The summed E-state index contributed by atoms with van der Waals surface area (Å²) in [5.41, 5.74) is 0.920. The summed E-state index contributed by atoms with van der Waals surface area (Å²) in [5.74, 6) is -2.64. The third-order valence-electron chi connectivity index (χ3n) is 5.74. The number of alkyl halides is 3. The number of rotatable bonds is 5. The van der Waals surface area contributed by atoms with Crippen LogP contribution in [0.15, 0.2) is 24.4 Å². The Morgan fingerprint density at radius 2 is 1.90 bits per heavy atom. The van der Waals surface area contributed by atoms with Gasteiger partial charge in [0.05, 0.1) is 11.7 Å². The quantitative estimate of drug-likeness (QED) is 0.687. The molecule has 2 heterocycles. The lowest BCUT2D eigenvalue weighted by atomic mass is 9.65. The SMILES string of the molecule is O=C(Cc1ccccn1)N1CCC2(CC(NS(=O)(=O)C3CC3)C2)C1.O=C(O)C(F)(F)F. The van der Waals surface area contributed by atoms with E-state index < -0.39 is 22.2 Å². The Morgan fingerprint density at radius 3 is 2.42 bits per heavy atom. The van der Waals surface area contributed by atoms with Gasteiger partial charge in [-0.3, -0.25) is 9.78 Å². The second kappa shape index (κ2) is 8.73. The second-order valence-electron chi connectivity index (χ2n) is 8.33. The summed E-state index contributed by atoms with van der Waals surface area (Å²) in [7, 11) is -3.10. The number of hydrogen-bond acceptors (Lipinski definition) is 5. The molecule has 0 aromatic carbocycles. The molecule has 2 N–H and O–H groups in total. The number of carbonyl (C=O) groups excluding carboxylic acids is 1.